The third-order valence-corrected chi connectivity index (χ3v) is 3.17. The average Bonchev–Trinajstić information content (AvgIpc) is 2.43. The van der Waals surface area contributed by atoms with Crippen LogP contribution in [0.3, 0.4) is 0 Å². The molecule has 1 fully saturated rings. The van der Waals surface area contributed by atoms with Gasteiger partial charge in [-0.25, -0.2) is 9.59 Å². The lowest BCUT2D eigenvalue weighted by Gasteiger charge is -2.33. The van der Waals surface area contributed by atoms with Crippen LogP contribution in [0.15, 0.2) is 5.10 Å². The van der Waals surface area contributed by atoms with Gasteiger partial charge in [0.05, 0.1) is 6.61 Å². The van der Waals surface area contributed by atoms with Crippen LogP contribution in [-0.4, -0.2) is 53.5 Å². The number of hydrazone groups is 1. The van der Waals surface area contributed by atoms with E-state index in [0.717, 1.165) is 0 Å². The van der Waals surface area contributed by atoms with E-state index < -0.39 is 11.6 Å². The maximum Gasteiger partial charge on any atom is 0.410 e. The first kappa shape index (κ1) is 18.5. The summed E-state index contributed by atoms with van der Waals surface area (Å²) in [6, 6.07) is 0.0573. The number of esters is 1. The van der Waals surface area contributed by atoms with E-state index >= 15 is 0 Å². The fourth-order valence-electron chi connectivity index (χ4n) is 1.90. The van der Waals surface area contributed by atoms with Crippen LogP contribution >= 0.6 is 11.6 Å². The van der Waals surface area contributed by atoms with Crippen LogP contribution in [0.2, 0.25) is 0 Å². The van der Waals surface area contributed by atoms with Gasteiger partial charge in [0.25, 0.3) is 0 Å². The highest BCUT2D eigenvalue weighted by Crippen LogP contribution is 2.15. The maximum absolute atomic E-state index is 11.9. The summed E-state index contributed by atoms with van der Waals surface area (Å²) in [5.74, 6) is -0.650. The molecule has 1 saturated heterocycles. The first-order valence-electron chi connectivity index (χ1n) is 7.36. The Kier molecular flexibility index (Phi) is 6.93. The average molecular weight is 334 g/mol. The molecule has 1 N–H and O–H groups in total. The van der Waals surface area contributed by atoms with Gasteiger partial charge in [-0.1, -0.05) is 11.6 Å². The van der Waals surface area contributed by atoms with Crippen LogP contribution in [0, 0.1) is 0 Å². The number of hydrogen-bond acceptors (Lipinski definition) is 6. The molecule has 0 radical (unpaired) electrons. The van der Waals surface area contributed by atoms with Gasteiger partial charge in [0.1, 0.15) is 5.60 Å². The van der Waals surface area contributed by atoms with Gasteiger partial charge in [0.2, 0.25) is 5.17 Å². The Morgan fingerprint density at radius 2 is 1.91 bits per heavy atom. The normalized spacial score (nSPS) is 17.1. The number of nitrogens with one attached hydrogen (secondary N) is 1. The topological polar surface area (TPSA) is 80.2 Å². The molecular formula is C14H24ClN3O4. The molecule has 1 amide bonds. The van der Waals surface area contributed by atoms with Crippen molar-refractivity contribution in [2.75, 3.05) is 19.7 Å². The van der Waals surface area contributed by atoms with Crippen LogP contribution in [-0.2, 0) is 14.3 Å². The fourth-order valence-corrected chi connectivity index (χ4v) is 2.01. The van der Waals surface area contributed by atoms with Crippen molar-refractivity contribution in [1.29, 1.82) is 0 Å². The smallest absolute Gasteiger partial charge is 0.410 e. The van der Waals surface area contributed by atoms with Crippen molar-refractivity contribution >= 4 is 28.8 Å². The number of rotatable bonds is 4. The number of ether oxygens (including phenoxy) is 2. The van der Waals surface area contributed by atoms with E-state index in [1.807, 2.05) is 20.8 Å². The van der Waals surface area contributed by atoms with Crippen molar-refractivity contribution in [2.24, 2.45) is 5.10 Å². The largest absolute Gasteiger partial charge is 0.461 e. The van der Waals surface area contributed by atoms with Crippen molar-refractivity contribution in [2.45, 2.75) is 52.2 Å². The summed E-state index contributed by atoms with van der Waals surface area (Å²) in [6.07, 6.45) is 1.10. The summed E-state index contributed by atoms with van der Waals surface area (Å²) in [7, 11) is 0. The molecular weight excluding hydrogens is 310 g/mol. The number of hydrogen-bond donors (Lipinski definition) is 1. The lowest BCUT2D eigenvalue weighted by molar-refractivity contribution is -0.134. The Bertz CT molecular complexity index is 426. The summed E-state index contributed by atoms with van der Waals surface area (Å²) >= 11 is 5.71. The highest BCUT2D eigenvalue weighted by Gasteiger charge is 2.26. The molecule has 0 saturated carbocycles. The monoisotopic (exact) mass is 333 g/mol. The van der Waals surface area contributed by atoms with Gasteiger partial charge < -0.3 is 19.8 Å². The van der Waals surface area contributed by atoms with Crippen LogP contribution in [0.5, 0.6) is 0 Å². The van der Waals surface area contributed by atoms with Gasteiger partial charge in [-0.3, -0.25) is 0 Å². The summed E-state index contributed by atoms with van der Waals surface area (Å²) < 4.78 is 10.1. The molecule has 1 heterocycles. The molecule has 0 bridgehead atoms. The van der Waals surface area contributed by atoms with Crippen molar-refractivity contribution in [3.05, 3.63) is 0 Å². The van der Waals surface area contributed by atoms with E-state index in [2.05, 4.69) is 10.5 Å². The quantitative estimate of drug-likeness (QED) is 0.484. The molecule has 0 unspecified atom stereocenters. The number of carbonyl (C=O) groups excluding carboxylic acids is 2. The Labute approximate surface area is 136 Å². The van der Waals surface area contributed by atoms with Crippen molar-refractivity contribution < 1.29 is 19.1 Å². The second-order valence-electron chi connectivity index (χ2n) is 5.99. The predicted octanol–water partition coefficient (Wildman–Crippen LogP) is 2.09. The van der Waals surface area contributed by atoms with Crippen LogP contribution in [0.1, 0.15) is 40.5 Å². The van der Waals surface area contributed by atoms with Crippen LogP contribution in [0.25, 0.3) is 0 Å². The second kappa shape index (κ2) is 8.22. The molecule has 0 atom stereocenters. The van der Waals surface area contributed by atoms with Crippen molar-refractivity contribution in [3.63, 3.8) is 0 Å². The number of carbonyl (C=O) groups is 2. The Morgan fingerprint density at radius 1 is 1.32 bits per heavy atom. The summed E-state index contributed by atoms with van der Waals surface area (Å²) in [6.45, 7) is 8.60. The van der Waals surface area contributed by atoms with Crippen LogP contribution < -0.4 is 5.43 Å². The van der Waals surface area contributed by atoms with E-state index in [4.69, 9.17) is 21.1 Å². The molecule has 1 aliphatic heterocycles. The Hall–Kier alpha value is -1.50. The first-order chi connectivity index (χ1) is 10.2. The van der Waals surface area contributed by atoms with Gasteiger partial charge >= 0.3 is 12.1 Å². The van der Waals surface area contributed by atoms with Gasteiger partial charge in [0, 0.05) is 19.1 Å². The van der Waals surface area contributed by atoms with E-state index in [-0.39, 0.29) is 23.9 Å². The number of piperidine rings is 1. The fraction of sp³-hybridized carbons (Fsp3) is 0.786. The van der Waals surface area contributed by atoms with Crippen LogP contribution in [0.4, 0.5) is 4.79 Å². The number of nitrogens with zero attached hydrogens (tertiary/aromatic N) is 2. The van der Waals surface area contributed by atoms with Gasteiger partial charge in [-0.2, -0.15) is 5.10 Å². The molecule has 0 aromatic rings. The highest BCUT2D eigenvalue weighted by molar-refractivity contribution is 6.81. The SMILES string of the molecule is CCOC(=O)/C(Cl)=N/NC1CCN(C(=O)OC(C)(C)C)CC1. The van der Waals surface area contributed by atoms with Gasteiger partial charge in [0.15, 0.2) is 0 Å². The molecule has 1 rings (SSSR count). The zero-order valence-electron chi connectivity index (χ0n) is 13.5. The molecule has 8 heteroatoms. The molecule has 0 aromatic carbocycles. The zero-order valence-corrected chi connectivity index (χ0v) is 14.3. The summed E-state index contributed by atoms with van der Waals surface area (Å²) in [4.78, 5) is 24.9. The standard InChI is InChI=1S/C14H24ClN3O4/c1-5-21-12(19)11(15)17-16-10-6-8-18(9-7-10)13(20)22-14(2,3)4/h10,16H,5-9H2,1-4H3/b17-11-. The second-order valence-corrected chi connectivity index (χ2v) is 6.35. The number of amides is 1. The van der Waals surface area contributed by atoms with Gasteiger partial charge in [-0.15, -0.1) is 0 Å². The molecule has 0 spiro atoms. The summed E-state index contributed by atoms with van der Waals surface area (Å²) in [5, 5.41) is 3.59. The minimum Gasteiger partial charge on any atom is -0.461 e. The molecule has 22 heavy (non-hydrogen) atoms. The number of likely N-dealkylation sites (tertiary alicyclic amines) is 1. The maximum atomic E-state index is 11.9. The van der Waals surface area contributed by atoms with E-state index in [0.29, 0.717) is 25.9 Å². The van der Waals surface area contributed by atoms with E-state index in [9.17, 15) is 9.59 Å². The van der Waals surface area contributed by atoms with Crippen molar-refractivity contribution in [3.8, 4) is 0 Å². The Balaban J connectivity index is 2.38. The predicted molar refractivity (Wildman–Crippen MR) is 83.9 cm³/mol. The van der Waals surface area contributed by atoms with Gasteiger partial charge in [-0.05, 0) is 40.5 Å². The van der Waals surface area contributed by atoms with Crippen molar-refractivity contribution in [1.82, 2.24) is 10.3 Å². The highest BCUT2D eigenvalue weighted by atomic mass is 35.5. The lowest BCUT2D eigenvalue weighted by Crippen LogP contribution is -2.45. The Morgan fingerprint density at radius 3 is 2.41 bits per heavy atom. The number of halogens is 1. The minimum atomic E-state index is -0.650. The molecule has 0 aliphatic carbocycles. The zero-order chi connectivity index (χ0) is 16.8. The van der Waals surface area contributed by atoms with E-state index in [1.165, 1.54) is 0 Å². The first-order valence-corrected chi connectivity index (χ1v) is 7.74. The third-order valence-electron chi connectivity index (χ3n) is 2.94. The summed E-state index contributed by atoms with van der Waals surface area (Å²) in [5.41, 5.74) is 2.35. The molecule has 7 nitrogen and oxygen atoms in total. The third kappa shape index (κ3) is 6.51. The van der Waals surface area contributed by atoms with E-state index in [1.54, 1.807) is 11.8 Å². The lowest BCUT2D eigenvalue weighted by atomic mass is 10.1. The molecule has 126 valence electrons. The molecule has 0 aromatic heterocycles. The minimum absolute atomic E-state index is 0.0573. The molecule has 1 aliphatic rings.